The number of nitrogens with one attached hydrogen (secondary N) is 1. The number of nitro groups is 1. The number of anilines is 2. The van der Waals surface area contributed by atoms with Crippen LogP contribution in [0.1, 0.15) is 18.9 Å². The third kappa shape index (κ3) is 4.21. The highest BCUT2D eigenvalue weighted by atomic mass is 16.7. The van der Waals surface area contributed by atoms with E-state index in [1.807, 2.05) is 29.2 Å². The van der Waals surface area contributed by atoms with Gasteiger partial charge in [0.25, 0.3) is 5.69 Å². The third-order valence-electron chi connectivity index (χ3n) is 5.97. The van der Waals surface area contributed by atoms with Crippen LogP contribution in [0, 0.1) is 10.1 Å². The number of nitro benzene ring substituents is 1. The van der Waals surface area contributed by atoms with Crippen LogP contribution in [0.25, 0.3) is 10.9 Å². The molecular weight excluding hydrogens is 424 g/mol. The number of rotatable bonds is 7. The predicted octanol–water partition coefficient (Wildman–Crippen LogP) is 3.09. The fraction of sp³-hybridized carbons (Fsp3) is 0.391. The zero-order valence-corrected chi connectivity index (χ0v) is 18.5. The van der Waals surface area contributed by atoms with Crippen LogP contribution in [0.4, 0.5) is 17.2 Å². The van der Waals surface area contributed by atoms with Crippen molar-refractivity contribution in [1.82, 2.24) is 15.3 Å². The lowest BCUT2D eigenvalue weighted by Gasteiger charge is -2.29. The number of aromatic nitrogens is 2. The van der Waals surface area contributed by atoms with Crippen LogP contribution in [0.3, 0.4) is 0 Å². The van der Waals surface area contributed by atoms with Gasteiger partial charge in [0.2, 0.25) is 6.79 Å². The SMILES string of the molecule is CCCN(Cc1ccc2c(c1)OCO2)c1ncnc2cc(N3CCNCC3)c([N+](=O)[O-])cc12. The molecule has 0 spiro atoms. The molecule has 10 nitrogen and oxygen atoms in total. The van der Waals surface area contributed by atoms with Crippen LogP contribution in [0.5, 0.6) is 11.5 Å². The van der Waals surface area contributed by atoms with E-state index in [1.54, 1.807) is 6.07 Å². The Kier molecular flexibility index (Phi) is 5.82. The molecule has 0 radical (unpaired) electrons. The standard InChI is InChI=1S/C23H26N6O4/c1-2-7-28(13-16-3-4-21-22(10-16)33-15-32-21)23-17-11-20(29(30)31)19(12-18(17)25-14-26-23)27-8-5-24-6-9-27/h3-4,10-12,14,24H,2,5-9,13,15H2,1H3. The van der Waals surface area contributed by atoms with Crippen molar-refractivity contribution in [3.63, 3.8) is 0 Å². The van der Waals surface area contributed by atoms with Crippen molar-refractivity contribution in [2.75, 3.05) is 49.3 Å². The summed E-state index contributed by atoms with van der Waals surface area (Å²) in [5, 5.41) is 16.0. The monoisotopic (exact) mass is 450 g/mol. The third-order valence-corrected chi connectivity index (χ3v) is 5.97. The summed E-state index contributed by atoms with van der Waals surface area (Å²) in [6, 6.07) is 9.34. The zero-order chi connectivity index (χ0) is 22.8. The van der Waals surface area contributed by atoms with Gasteiger partial charge >= 0.3 is 0 Å². The van der Waals surface area contributed by atoms with E-state index in [1.165, 1.54) is 6.33 Å². The second-order valence-electron chi connectivity index (χ2n) is 8.16. The summed E-state index contributed by atoms with van der Waals surface area (Å²) in [7, 11) is 0. The largest absolute Gasteiger partial charge is 0.454 e. The molecule has 0 amide bonds. The summed E-state index contributed by atoms with van der Waals surface area (Å²) in [4.78, 5) is 24.9. The molecule has 2 aromatic carbocycles. The number of piperazine rings is 1. The van der Waals surface area contributed by atoms with Gasteiger partial charge in [0.05, 0.1) is 10.4 Å². The first-order valence-corrected chi connectivity index (χ1v) is 11.2. The normalized spacial score (nSPS) is 15.1. The minimum Gasteiger partial charge on any atom is -0.454 e. The van der Waals surface area contributed by atoms with Crippen LogP contribution < -0.4 is 24.6 Å². The van der Waals surface area contributed by atoms with Crippen molar-refractivity contribution in [3.8, 4) is 11.5 Å². The van der Waals surface area contributed by atoms with Crippen molar-refractivity contribution in [1.29, 1.82) is 0 Å². The summed E-state index contributed by atoms with van der Waals surface area (Å²) >= 11 is 0. The average Bonchev–Trinajstić information content (AvgIpc) is 3.31. The first kappa shape index (κ1) is 21.2. The van der Waals surface area contributed by atoms with Crippen molar-refractivity contribution in [2.24, 2.45) is 0 Å². The Morgan fingerprint density at radius 1 is 1.15 bits per heavy atom. The predicted molar refractivity (Wildman–Crippen MR) is 125 cm³/mol. The van der Waals surface area contributed by atoms with Gasteiger partial charge in [0.15, 0.2) is 11.5 Å². The molecule has 10 heteroatoms. The first-order valence-electron chi connectivity index (χ1n) is 11.2. The summed E-state index contributed by atoms with van der Waals surface area (Å²) in [6.07, 6.45) is 2.43. The molecular formula is C23H26N6O4. The van der Waals surface area contributed by atoms with Crippen molar-refractivity contribution < 1.29 is 14.4 Å². The lowest BCUT2D eigenvalue weighted by molar-refractivity contribution is -0.384. The molecule has 2 aliphatic heterocycles. The van der Waals surface area contributed by atoms with Gasteiger partial charge in [-0.25, -0.2) is 9.97 Å². The Morgan fingerprint density at radius 2 is 1.97 bits per heavy atom. The smallest absolute Gasteiger partial charge is 0.293 e. The molecule has 5 rings (SSSR count). The Morgan fingerprint density at radius 3 is 2.76 bits per heavy atom. The van der Waals surface area contributed by atoms with E-state index in [2.05, 4.69) is 27.1 Å². The summed E-state index contributed by atoms with van der Waals surface area (Å²) in [6.45, 7) is 6.69. The number of nitrogens with zero attached hydrogens (tertiary/aromatic N) is 5. The number of hydrogen-bond donors (Lipinski definition) is 1. The fourth-order valence-electron chi connectivity index (χ4n) is 4.41. The van der Waals surface area contributed by atoms with Gasteiger partial charge in [0.1, 0.15) is 17.8 Å². The highest BCUT2D eigenvalue weighted by Gasteiger charge is 2.25. The molecule has 3 heterocycles. The first-order chi connectivity index (χ1) is 16.1. The average molecular weight is 450 g/mol. The number of ether oxygens (including phenoxy) is 2. The minimum absolute atomic E-state index is 0.0833. The van der Waals surface area contributed by atoms with E-state index in [9.17, 15) is 10.1 Å². The summed E-state index contributed by atoms with van der Waals surface area (Å²) in [5.41, 5.74) is 2.44. The van der Waals surface area contributed by atoms with E-state index in [0.29, 0.717) is 29.0 Å². The van der Waals surface area contributed by atoms with Crippen molar-refractivity contribution >= 4 is 28.1 Å². The van der Waals surface area contributed by atoms with E-state index < -0.39 is 0 Å². The molecule has 33 heavy (non-hydrogen) atoms. The van der Waals surface area contributed by atoms with Gasteiger partial charge in [-0.1, -0.05) is 13.0 Å². The number of benzene rings is 2. The maximum atomic E-state index is 12.0. The summed E-state index contributed by atoms with van der Waals surface area (Å²) < 4.78 is 10.9. The molecule has 1 N–H and O–H groups in total. The number of fused-ring (bicyclic) bond motifs is 2. The van der Waals surface area contributed by atoms with Crippen molar-refractivity contribution in [3.05, 3.63) is 52.3 Å². The molecule has 3 aromatic rings. The van der Waals surface area contributed by atoms with Crippen LogP contribution in [-0.2, 0) is 6.54 Å². The van der Waals surface area contributed by atoms with E-state index in [0.717, 1.165) is 56.2 Å². The van der Waals surface area contributed by atoms with Gasteiger partial charge in [-0.2, -0.15) is 0 Å². The fourth-order valence-corrected chi connectivity index (χ4v) is 4.41. The van der Waals surface area contributed by atoms with Gasteiger partial charge in [-0.05, 0) is 30.2 Å². The Hall–Kier alpha value is -3.66. The van der Waals surface area contributed by atoms with E-state index in [4.69, 9.17) is 9.47 Å². The van der Waals surface area contributed by atoms with Gasteiger partial charge in [0, 0.05) is 50.7 Å². The Bertz CT molecular complexity index is 1180. The topological polar surface area (TPSA) is 106 Å². The van der Waals surface area contributed by atoms with Crippen LogP contribution >= 0.6 is 0 Å². The molecule has 172 valence electrons. The van der Waals surface area contributed by atoms with Gasteiger partial charge in [-0.15, -0.1) is 0 Å². The molecule has 2 aliphatic rings. The molecule has 0 aliphatic carbocycles. The maximum Gasteiger partial charge on any atom is 0.293 e. The molecule has 0 saturated carbocycles. The Labute approximate surface area is 191 Å². The molecule has 0 unspecified atom stereocenters. The van der Waals surface area contributed by atoms with Gasteiger partial charge < -0.3 is 24.6 Å². The van der Waals surface area contributed by atoms with Crippen LogP contribution in [-0.4, -0.2) is 54.4 Å². The van der Waals surface area contributed by atoms with Crippen molar-refractivity contribution in [2.45, 2.75) is 19.9 Å². The summed E-state index contributed by atoms with van der Waals surface area (Å²) in [5.74, 6) is 2.16. The quantitative estimate of drug-likeness (QED) is 0.429. The highest BCUT2D eigenvalue weighted by Crippen LogP contribution is 2.37. The Balaban J connectivity index is 1.55. The zero-order valence-electron chi connectivity index (χ0n) is 18.5. The second-order valence-corrected chi connectivity index (χ2v) is 8.16. The molecule has 1 fully saturated rings. The molecule has 0 atom stereocenters. The van der Waals surface area contributed by atoms with Gasteiger partial charge in [-0.3, -0.25) is 10.1 Å². The van der Waals surface area contributed by atoms with E-state index >= 15 is 0 Å². The molecule has 1 saturated heterocycles. The number of hydrogen-bond acceptors (Lipinski definition) is 9. The van der Waals surface area contributed by atoms with Crippen LogP contribution in [0.15, 0.2) is 36.7 Å². The minimum atomic E-state index is -0.310. The second kappa shape index (κ2) is 9.07. The van der Waals surface area contributed by atoms with Crippen LogP contribution in [0.2, 0.25) is 0 Å². The highest BCUT2D eigenvalue weighted by molar-refractivity contribution is 5.95. The lowest BCUT2D eigenvalue weighted by atomic mass is 10.1. The molecule has 1 aromatic heterocycles. The lowest BCUT2D eigenvalue weighted by Crippen LogP contribution is -2.43. The molecule has 0 bridgehead atoms. The van der Waals surface area contributed by atoms with E-state index in [-0.39, 0.29) is 17.4 Å². The maximum absolute atomic E-state index is 12.0.